The van der Waals surface area contributed by atoms with Crippen LogP contribution in [0.25, 0.3) is 22.3 Å². The van der Waals surface area contributed by atoms with Gasteiger partial charge < -0.3 is 10.0 Å². The van der Waals surface area contributed by atoms with Crippen LogP contribution in [0.1, 0.15) is 40.5 Å². The summed E-state index contributed by atoms with van der Waals surface area (Å²) in [5.74, 6) is -1.25. The Balaban J connectivity index is 1.47. The Morgan fingerprint density at radius 1 is 1.14 bits per heavy atom. The van der Waals surface area contributed by atoms with Crippen molar-refractivity contribution in [2.45, 2.75) is 31.8 Å². The number of aromatic amines is 1. The van der Waals surface area contributed by atoms with Crippen LogP contribution in [-0.2, 0) is 0 Å². The number of phenolic OH excluding ortho intramolecular Hbond substituents is 1. The molecule has 2 aliphatic heterocycles. The topological polar surface area (TPSA) is 85.3 Å². The number of carbonyl (C=O) groups is 1. The van der Waals surface area contributed by atoms with E-state index in [4.69, 9.17) is 0 Å². The molecular formula is C27H26FN5O2. The number of halogens is 1. The Hall–Kier alpha value is -3.78. The summed E-state index contributed by atoms with van der Waals surface area (Å²) in [5.41, 5.74) is 3.68. The maximum Gasteiger partial charge on any atom is 0.255 e. The molecule has 7 nitrogen and oxygen atoms in total. The number of aromatic nitrogens is 3. The smallest absolute Gasteiger partial charge is 0.255 e. The molecule has 6 rings (SSSR count). The van der Waals surface area contributed by atoms with Gasteiger partial charge >= 0.3 is 0 Å². The number of aryl methyl sites for hydroxylation is 1. The highest BCUT2D eigenvalue weighted by atomic mass is 19.1. The molecule has 2 saturated heterocycles. The number of phenols is 1. The molecule has 0 aliphatic carbocycles. The SMILES string of the molecule is Cc1[nH]nc2nc(-c3ccc(O)c(F)c3)cc(C(=O)N3CC4CCCN4CC3c3ccccc3)c12. The van der Waals surface area contributed by atoms with Crippen LogP contribution in [-0.4, -0.2) is 61.7 Å². The largest absolute Gasteiger partial charge is 0.505 e. The van der Waals surface area contributed by atoms with Gasteiger partial charge in [0.15, 0.2) is 17.2 Å². The number of piperazine rings is 1. The molecule has 2 aromatic carbocycles. The maximum atomic E-state index is 14.3. The number of H-pyrrole nitrogens is 1. The van der Waals surface area contributed by atoms with E-state index in [1.807, 2.05) is 30.0 Å². The molecule has 0 bridgehead atoms. The molecule has 0 spiro atoms. The van der Waals surface area contributed by atoms with Gasteiger partial charge in [-0.15, -0.1) is 0 Å². The van der Waals surface area contributed by atoms with Gasteiger partial charge in [0.1, 0.15) is 0 Å². The molecule has 0 saturated carbocycles. The van der Waals surface area contributed by atoms with E-state index in [1.54, 1.807) is 12.1 Å². The van der Waals surface area contributed by atoms with E-state index in [0.29, 0.717) is 40.4 Å². The van der Waals surface area contributed by atoms with Crippen LogP contribution in [0.5, 0.6) is 5.75 Å². The van der Waals surface area contributed by atoms with Crippen LogP contribution >= 0.6 is 0 Å². The normalized spacial score (nSPS) is 20.3. The van der Waals surface area contributed by atoms with Crippen molar-refractivity contribution in [2.75, 3.05) is 19.6 Å². The molecule has 2 aromatic heterocycles. The third kappa shape index (κ3) is 3.74. The van der Waals surface area contributed by atoms with Crippen molar-refractivity contribution in [1.82, 2.24) is 25.0 Å². The Bertz CT molecular complexity index is 1420. The predicted molar refractivity (Wildman–Crippen MR) is 130 cm³/mol. The van der Waals surface area contributed by atoms with Crippen LogP contribution < -0.4 is 0 Å². The minimum absolute atomic E-state index is 0.0666. The van der Waals surface area contributed by atoms with Crippen LogP contribution in [0.3, 0.4) is 0 Å². The summed E-state index contributed by atoms with van der Waals surface area (Å²) in [6, 6.07) is 16.3. The van der Waals surface area contributed by atoms with Gasteiger partial charge in [0, 0.05) is 30.4 Å². The van der Waals surface area contributed by atoms with Crippen molar-refractivity contribution in [2.24, 2.45) is 0 Å². The minimum Gasteiger partial charge on any atom is -0.505 e. The Labute approximate surface area is 202 Å². The fourth-order valence-electron chi connectivity index (χ4n) is 5.51. The Morgan fingerprint density at radius 2 is 1.97 bits per heavy atom. The zero-order valence-corrected chi connectivity index (χ0v) is 19.4. The maximum absolute atomic E-state index is 14.3. The van der Waals surface area contributed by atoms with Gasteiger partial charge in [0.25, 0.3) is 5.91 Å². The molecule has 178 valence electrons. The number of hydrogen-bond donors (Lipinski definition) is 2. The Kier molecular flexibility index (Phi) is 5.25. The van der Waals surface area contributed by atoms with Gasteiger partial charge in [-0.25, -0.2) is 9.37 Å². The van der Waals surface area contributed by atoms with Gasteiger partial charge in [-0.2, -0.15) is 5.10 Å². The minimum atomic E-state index is -0.739. The van der Waals surface area contributed by atoms with Crippen molar-refractivity contribution in [3.63, 3.8) is 0 Å². The van der Waals surface area contributed by atoms with Gasteiger partial charge in [-0.3, -0.25) is 14.8 Å². The monoisotopic (exact) mass is 471 g/mol. The Morgan fingerprint density at radius 3 is 2.77 bits per heavy atom. The van der Waals surface area contributed by atoms with Crippen molar-refractivity contribution in [3.05, 3.63) is 77.2 Å². The van der Waals surface area contributed by atoms with Crippen LogP contribution in [0.4, 0.5) is 4.39 Å². The summed E-state index contributed by atoms with van der Waals surface area (Å²) < 4.78 is 14.1. The number of fused-ring (bicyclic) bond motifs is 2. The van der Waals surface area contributed by atoms with E-state index in [0.717, 1.165) is 37.2 Å². The lowest BCUT2D eigenvalue weighted by molar-refractivity contribution is 0.0351. The molecule has 2 aliphatic rings. The van der Waals surface area contributed by atoms with E-state index in [9.17, 15) is 14.3 Å². The molecule has 2 atom stereocenters. The molecule has 4 heterocycles. The van der Waals surface area contributed by atoms with Crippen molar-refractivity contribution in [1.29, 1.82) is 0 Å². The fourth-order valence-corrected chi connectivity index (χ4v) is 5.51. The average Bonchev–Trinajstić information content (AvgIpc) is 3.50. The van der Waals surface area contributed by atoms with Gasteiger partial charge in [0.2, 0.25) is 0 Å². The van der Waals surface area contributed by atoms with Gasteiger partial charge in [0.05, 0.1) is 22.7 Å². The average molecular weight is 472 g/mol. The van der Waals surface area contributed by atoms with Crippen LogP contribution in [0.2, 0.25) is 0 Å². The van der Waals surface area contributed by atoms with Crippen molar-refractivity contribution < 1.29 is 14.3 Å². The van der Waals surface area contributed by atoms with E-state index in [2.05, 4.69) is 32.2 Å². The number of nitrogens with one attached hydrogen (secondary N) is 1. The highest BCUT2D eigenvalue weighted by Gasteiger charge is 2.40. The molecule has 1 amide bonds. The second-order valence-electron chi connectivity index (χ2n) is 9.44. The first-order chi connectivity index (χ1) is 17.0. The molecule has 0 radical (unpaired) electrons. The fraction of sp³-hybridized carbons (Fsp3) is 0.296. The van der Waals surface area contributed by atoms with Crippen LogP contribution in [0, 0.1) is 12.7 Å². The lowest BCUT2D eigenvalue weighted by Crippen LogP contribution is -2.53. The number of hydrogen-bond acceptors (Lipinski definition) is 5. The molecule has 2 fully saturated rings. The van der Waals surface area contributed by atoms with Gasteiger partial charge in [-0.1, -0.05) is 30.3 Å². The summed E-state index contributed by atoms with van der Waals surface area (Å²) in [4.78, 5) is 23.3. The standard InChI is InChI=1S/C27H26FN5O2/c1-16-25-20(13-22(29-26(25)31-30-16)18-9-10-24(34)21(28)12-18)27(35)33-14-19-8-5-11-32(19)15-23(33)17-6-3-2-4-7-17/h2-4,6-7,9-10,12-13,19,23,34H,5,8,11,14-15H2,1H3,(H,29,30,31). The van der Waals surface area contributed by atoms with Gasteiger partial charge in [-0.05, 0) is 56.1 Å². The predicted octanol–water partition coefficient (Wildman–Crippen LogP) is 4.44. The molecule has 4 aromatic rings. The van der Waals surface area contributed by atoms with E-state index >= 15 is 0 Å². The second kappa shape index (κ2) is 8.46. The number of benzene rings is 2. The number of pyridine rings is 1. The zero-order valence-electron chi connectivity index (χ0n) is 19.4. The third-order valence-corrected chi connectivity index (χ3v) is 7.31. The van der Waals surface area contributed by atoms with E-state index in [1.165, 1.54) is 12.1 Å². The molecule has 8 heteroatoms. The summed E-state index contributed by atoms with van der Waals surface area (Å²) >= 11 is 0. The summed E-state index contributed by atoms with van der Waals surface area (Å²) in [5, 5.41) is 17.5. The summed E-state index contributed by atoms with van der Waals surface area (Å²) in [6.07, 6.45) is 2.23. The quantitative estimate of drug-likeness (QED) is 0.462. The second-order valence-corrected chi connectivity index (χ2v) is 9.44. The third-order valence-electron chi connectivity index (χ3n) is 7.31. The summed E-state index contributed by atoms with van der Waals surface area (Å²) in [6.45, 7) is 4.39. The molecule has 2 N–H and O–H groups in total. The van der Waals surface area contributed by atoms with E-state index < -0.39 is 11.6 Å². The zero-order chi connectivity index (χ0) is 24.1. The number of aromatic hydroxyl groups is 1. The lowest BCUT2D eigenvalue weighted by atomic mass is 9.97. The molecule has 35 heavy (non-hydrogen) atoms. The summed E-state index contributed by atoms with van der Waals surface area (Å²) in [7, 11) is 0. The first-order valence-corrected chi connectivity index (χ1v) is 11.9. The number of amides is 1. The molecule has 2 unspecified atom stereocenters. The first-order valence-electron chi connectivity index (χ1n) is 11.9. The van der Waals surface area contributed by atoms with E-state index in [-0.39, 0.29) is 11.9 Å². The number of nitrogens with zero attached hydrogens (tertiary/aromatic N) is 4. The number of carbonyl (C=O) groups excluding carboxylic acids is 1. The lowest BCUT2D eigenvalue weighted by Gasteiger charge is -2.44. The number of rotatable bonds is 3. The van der Waals surface area contributed by atoms with Crippen molar-refractivity contribution >= 4 is 16.9 Å². The highest BCUT2D eigenvalue weighted by molar-refractivity contribution is 6.07. The van der Waals surface area contributed by atoms with Crippen molar-refractivity contribution in [3.8, 4) is 17.0 Å². The van der Waals surface area contributed by atoms with Crippen LogP contribution in [0.15, 0.2) is 54.6 Å². The highest BCUT2D eigenvalue weighted by Crippen LogP contribution is 2.36. The first kappa shape index (κ1) is 21.7. The molecular weight excluding hydrogens is 445 g/mol.